The molecule has 3 rings (SSSR count). The molecule has 1 aromatic rings. The second kappa shape index (κ2) is 10.3. The standard InChI is InChI=1S/C13H14F3NO.C5H8.C2H6/c14-13(15,16)12-4-3-9(18-10-6-17-7-10)5-11(12)8-1-2-8;1-3-5-4-2;1-2/h3-5,8,10,17H,1-2,6-7H2;3-5H,1H2,2H3;1-2H3/b;5-4-;. The van der Waals surface area contributed by atoms with Gasteiger partial charge in [-0.1, -0.05) is 38.7 Å². The summed E-state index contributed by atoms with van der Waals surface area (Å²) >= 11 is 0. The van der Waals surface area contributed by atoms with Crippen LogP contribution in [0.3, 0.4) is 0 Å². The van der Waals surface area contributed by atoms with Crippen molar-refractivity contribution in [3.05, 3.63) is 54.1 Å². The smallest absolute Gasteiger partial charge is 0.416 e. The zero-order valence-electron chi connectivity index (χ0n) is 15.2. The molecule has 0 unspecified atom stereocenters. The van der Waals surface area contributed by atoms with E-state index in [1.165, 1.54) is 6.07 Å². The van der Waals surface area contributed by atoms with Gasteiger partial charge in [-0.05, 0) is 49.4 Å². The lowest BCUT2D eigenvalue weighted by atomic mass is 10.0. The molecule has 1 saturated carbocycles. The summed E-state index contributed by atoms with van der Waals surface area (Å²) in [6, 6.07) is 4.14. The Hall–Kier alpha value is -1.75. The van der Waals surface area contributed by atoms with Crippen LogP contribution in [0.4, 0.5) is 13.2 Å². The fraction of sp³-hybridized carbons (Fsp3) is 0.500. The molecule has 2 fully saturated rings. The van der Waals surface area contributed by atoms with Crippen LogP contribution < -0.4 is 10.1 Å². The van der Waals surface area contributed by atoms with E-state index in [1.807, 2.05) is 32.9 Å². The maximum atomic E-state index is 12.9. The van der Waals surface area contributed by atoms with Crippen LogP contribution in [-0.2, 0) is 6.18 Å². The van der Waals surface area contributed by atoms with Gasteiger partial charge in [-0.15, -0.1) is 0 Å². The highest BCUT2D eigenvalue weighted by Crippen LogP contribution is 2.47. The summed E-state index contributed by atoms with van der Waals surface area (Å²) in [5, 5.41) is 3.06. The van der Waals surface area contributed by atoms with Crippen molar-refractivity contribution in [3.63, 3.8) is 0 Å². The van der Waals surface area contributed by atoms with E-state index in [-0.39, 0.29) is 12.0 Å². The highest BCUT2D eigenvalue weighted by Gasteiger charge is 2.38. The number of nitrogens with one attached hydrogen (secondary N) is 1. The fourth-order valence-corrected chi connectivity index (χ4v) is 2.28. The quantitative estimate of drug-likeness (QED) is 0.699. The lowest BCUT2D eigenvalue weighted by Gasteiger charge is -2.28. The van der Waals surface area contributed by atoms with Crippen molar-refractivity contribution in [2.75, 3.05) is 13.1 Å². The average Bonchev–Trinajstić information content (AvgIpc) is 3.38. The average molecular weight is 355 g/mol. The Morgan fingerprint density at radius 1 is 1.20 bits per heavy atom. The molecule has 0 spiro atoms. The second-order valence-electron chi connectivity index (χ2n) is 5.68. The van der Waals surface area contributed by atoms with Crippen molar-refractivity contribution in [1.29, 1.82) is 0 Å². The number of hydrogen-bond donors (Lipinski definition) is 1. The molecule has 0 radical (unpaired) electrons. The van der Waals surface area contributed by atoms with Crippen molar-refractivity contribution < 1.29 is 17.9 Å². The maximum Gasteiger partial charge on any atom is 0.416 e. The zero-order valence-corrected chi connectivity index (χ0v) is 15.2. The predicted molar refractivity (Wildman–Crippen MR) is 97.1 cm³/mol. The minimum absolute atomic E-state index is 0.0599. The monoisotopic (exact) mass is 355 g/mol. The number of rotatable bonds is 4. The number of ether oxygens (including phenoxy) is 1. The van der Waals surface area contributed by atoms with Gasteiger partial charge in [-0.2, -0.15) is 13.2 Å². The Balaban J connectivity index is 0.000000388. The van der Waals surface area contributed by atoms with E-state index >= 15 is 0 Å². The highest BCUT2D eigenvalue weighted by molar-refractivity contribution is 5.41. The first-order chi connectivity index (χ1) is 12.0. The third-order valence-electron chi connectivity index (χ3n) is 3.72. The van der Waals surface area contributed by atoms with E-state index in [0.717, 1.165) is 32.0 Å². The normalized spacial score (nSPS) is 16.9. The first-order valence-electron chi connectivity index (χ1n) is 8.78. The van der Waals surface area contributed by atoms with E-state index in [4.69, 9.17) is 4.74 Å². The van der Waals surface area contributed by atoms with Crippen LogP contribution in [-0.4, -0.2) is 19.2 Å². The van der Waals surface area contributed by atoms with Crippen molar-refractivity contribution >= 4 is 0 Å². The molecule has 1 N–H and O–H groups in total. The number of benzene rings is 1. The van der Waals surface area contributed by atoms with Crippen LogP contribution in [0.5, 0.6) is 5.75 Å². The third-order valence-corrected chi connectivity index (χ3v) is 3.72. The van der Waals surface area contributed by atoms with Crippen molar-refractivity contribution in [2.24, 2.45) is 0 Å². The van der Waals surface area contributed by atoms with E-state index in [0.29, 0.717) is 11.3 Å². The van der Waals surface area contributed by atoms with Gasteiger partial charge in [0.2, 0.25) is 0 Å². The maximum absolute atomic E-state index is 12.9. The van der Waals surface area contributed by atoms with E-state index in [9.17, 15) is 13.2 Å². The van der Waals surface area contributed by atoms with Crippen LogP contribution in [0.15, 0.2) is 43.0 Å². The Kier molecular flexibility index (Phi) is 8.76. The molecule has 25 heavy (non-hydrogen) atoms. The van der Waals surface area contributed by atoms with Gasteiger partial charge >= 0.3 is 6.18 Å². The van der Waals surface area contributed by atoms with Gasteiger partial charge in [0.05, 0.1) is 5.56 Å². The van der Waals surface area contributed by atoms with Crippen LogP contribution in [0.1, 0.15) is 50.7 Å². The minimum atomic E-state index is -4.27. The van der Waals surface area contributed by atoms with E-state index < -0.39 is 11.7 Å². The molecule has 0 amide bonds. The van der Waals surface area contributed by atoms with Crippen LogP contribution in [0, 0.1) is 0 Å². The van der Waals surface area contributed by atoms with E-state index in [2.05, 4.69) is 11.9 Å². The van der Waals surface area contributed by atoms with Gasteiger partial charge in [0.15, 0.2) is 0 Å². The number of allylic oxidation sites excluding steroid dienone is 3. The van der Waals surface area contributed by atoms with Gasteiger partial charge in [0.1, 0.15) is 11.9 Å². The largest absolute Gasteiger partial charge is 0.488 e. The molecule has 5 heteroatoms. The lowest BCUT2D eigenvalue weighted by Crippen LogP contribution is -2.50. The van der Waals surface area contributed by atoms with Crippen molar-refractivity contribution in [2.45, 2.75) is 51.8 Å². The van der Waals surface area contributed by atoms with Gasteiger partial charge in [0.25, 0.3) is 0 Å². The molecule has 2 aliphatic rings. The van der Waals surface area contributed by atoms with Gasteiger partial charge in [-0.25, -0.2) is 0 Å². The number of alkyl halides is 3. The Labute approximate surface area is 148 Å². The zero-order chi connectivity index (χ0) is 18.9. The summed E-state index contributed by atoms with van der Waals surface area (Å²) in [6.45, 7) is 11.0. The molecule has 1 aromatic carbocycles. The van der Waals surface area contributed by atoms with Gasteiger partial charge < -0.3 is 10.1 Å². The summed E-state index contributed by atoms with van der Waals surface area (Å²) in [5.41, 5.74) is -0.114. The predicted octanol–water partition coefficient (Wildman–Crippen LogP) is 5.71. The summed E-state index contributed by atoms with van der Waals surface area (Å²) in [6.07, 6.45) is 3.09. The molecule has 0 atom stereocenters. The molecule has 0 aromatic heterocycles. The first kappa shape index (κ1) is 21.3. The number of hydrogen-bond acceptors (Lipinski definition) is 2. The minimum Gasteiger partial charge on any atom is -0.488 e. The molecule has 1 saturated heterocycles. The van der Waals surface area contributed by atoms with Crippen LogP contribution >= 0.6 is 0 Å². The summed E-state index contributed by atoms with van der Waals surface area (Å²) in [4.78, 5) is 0. The van der Waals surface area contributed by atoms with Gasteiger partial charge in [-0.3, -0.25) is 0 Å². The second-order valence-corrected chi connectivity index (χ2v) is 5.68. The van der Waals surface area contributed by atoms with Crippen LogP contribution in [0.25, 0.3) is 0 Å². The molecular formula is C20H28F3NO. The van der Waals surface area contributed by atoms with Gasteiger partial charge in [0, 0.05) is 13.1 Å². The topological polar surface area (TPSA) is 21.3 Å². The third kappa shape index (κ3) is 6.94. The molecule has 1 aliphatic carbocycles. The highest BCUT2D eigenvalue weighted by atomic mass is 19.4. The molecular weight excluding hydrogens is 327 g/mol. The lowest BCUT2D eigenvalue weighted by molar-refractivity contribution is -0.138. The fourth-order valence-electron chi connectivity index (χ4n) is 2.28. The Morgan fingerprint density at radius 2 is 1.84 bits per heavy atom. The molecule has 1 heterocycles. The summed E-state index contributed by atoms with van der Waals surface area (Å²) in [7, 11) is 0. The van der Waals surface area contributed by atoms with E-state index in [1.54, 1.807) is 12.1 Å². The van der Waals surface area contributed by atoms with Crippen molar-refractivity contribution in [1.82, 2.24) is 5.32 Å². The summed E-state index contributed by atoms with van der Waals surface area (Å²) < 4.78 is 44.2. The molecule has 140 valence electrons. The SMILES string of the molecule is C=C/C=C\C.CC.FC(F)(F)c1ccc(OC2CNC2)cc1C1CC1. The van der Waals surface area contributed by atoms with Crippen molar-refractivity contribution in [3.8, 4) is 5.75 Å². The Morgan fingerprint density at radius 3 is 2.20 bits per heavy atom. The molecule has 0 bridgehead atoms. The summed E-state index contributed by atoms with van der Waals surface area (Å²) in [5.74, 6) is 0.612. The Bertz CT molecular complexity index is 559. The first-order valence-corrected chi connectivity index (χ1v) is 8.78. The molecule has 2 nitrogen and oxygen atoms in total. The van der Waals surface area contributed by atoms with Crippen LogP contribution in [0.2, 0.25) is 0 Å². The molecule has 1 aliphatic heterocycles. The number of halogens is 3.